The fourth-order valence-corrected chi connectivity index (χ4v) is 3.19. The lowest BCUT2D eigenvalue weighted by atomic mass is 9.91. The van der Waals surface area contributed by atoms with E-state index in [1.54, 1.807) is 6.92 Å². The van der Waals surface area contributed by atoms with Gasteiger partial charge in [0.15, 0.2) is 0 Å². The molecular weight excluding hydrogens is 356 g/mol. The second-order valence-electron chi connectivity index (χ2n) is 7.18. The van der Waals surface area contributed by atoms with Crippen molar-refractivity contribution in [2.24, 2.45) is 0 Å². The highest BCUT2D eigenvalue weighted by Gasteiger charge is 2.49. The number of rotatable bonds is 4. The molecule has 7 heteroatoms. The van der Waals surface area contributed by atoms with E-state index in [2.05, 4.69) is 15.5 Å². The van der Waals surface area contributed by atoms with E-state index in [-0.39, 0.29) is 18.3 Å². The van der Waals surface area contributed by atoms with Crippen molar-refractivity contribution >= 4 is 11.9 Å². The summed E-state index contributed by atoms with van der Waals surface area (Å²) in [4.78, 5) is 26.6. The molecule has 1 saturated heterocycles. The number of aromatic nitrogens is 2. The first-order chi connectivity index (χ1) is 13.4. The van der Waals surface area contributed by atoms with Crippen molar-refractivity contribution in [3.05, 3.63) is 71.1 Å². The van der Waals surface area contributed by atoms with Crippen LogP contribution in [0.5, 0.6) is 0 Å². The molecule has 0 radical (unpaired) electrons. The molecule has 2 aromatic carbocycles. The molecule has 1 aliphatic rings. The van der Waals surface area contributed by atoms with E-state index in [0.717, 1.165) is 27.2 Å². The summed E-state index contributed by atoms with van der Waals surface area (Å²) in [5.74, 6) is 0.201. The average Bonchev–Trinajstić information content (AvgIpc) is 3.22. The van der Waals surface area contributed by atoms with E-state index in [4.69, 9.17) is 4.42 Å². The predicted octanol–water partition coefficient (Wildman–Crippen LogP) is 3.32. The van der Waals surface area contributed by atoms with E-state index < -0.39 is 11.6 Å². The van der Waals surface area contributed by atoms with Crippen LogP contribution in [-0.4, -0.2) is 27.0 Å². The van der Waals surface area contributed by atoms with E-state index >= 15 is 0 Å². The third-order valence-electron chi connectivity index (χ3n) is 4.96. The van der Waals surface area contributed by atoms with Crippen molar-refractivity contribution in [2.75, 3.05) is 0 Å². The molecule has 3 aromatic rings. The summed E-state index contributed by atoms with van der Waals surface area (Å²) in [6, 6.07) is 14.7. The van der Waals surface area contributed by atoms with Gasteiger partial charge in [-0.05, 0) is 38.5 Å². The fraction of sp³-hybridized carbons (Fsp3) is 0.238. The molecule has 0 spiro atoms. The summed E-state index contributed by atoms with van der Waals surface area (Å²) in [6.45, 7) is 5.58. The summed E-state index contributed by atoms with van der Waals surface area (Å²) in [5.41, 5.74) is 2.59. The smallest absolute Gasteiger partial charge is 0.325 e. The number of carbonyl (C=O) groups excluding carboxylic acids is 2. The second-order valence-corrected chi connectivity index (χ2v) is 7.18. The van der Waals surface area contributed by atoms with Crippen molar-refractivity contribution in [3.63, 3.8) is 0 Å². The third-order valence-corrected chi connectivity index (χ3v) is 4.96. The summed E-state index contributed by atoms with van der Waals surface area (Å²) < 4.78 is 5.66. The van der Waals surface area contributed by atoms with Crippen molar-refractivity contribution in [3.8, 4) is 11.5 Å². The van der Waals surface area contributed by atoms with Gasteiger partial charge in [-0.15, -0.1) is 10.2 Å². The Balaban J connectivity index is 1.55. The number of benzene rings is 2. The van der Waals surface area contributed by atoms with Gasteiger partial charge in [-0.2, -0.15) is 0 Å². The van der Waals surface area contributed by atoms with Crippen LogP contribution in [0.3, 0.4) is 0 Å². The van der Waals surface area contributed by atoms with Gasteiger partial charge in [0.1, 0.15) is 12.1 Å². The highest BCUT2D eigenvalue weighted by molar-refractivity contribution is 6.07. The van der Waals surface area contributed by atoms with Gasteiger partial charge in [-0.1, -0.05) is 47.5 Å². The van der Waals surface area contributed by atoms with Crippen LogP contribution in [-0.2, 0) is 16.9 Å². The molecule has 3 amide bonds. The van der Waals surface area contributed by atoms with Gasteiger partial charge in [-0.25, -0.2) is 4.79 Å². The number of aryl methyl sites for hydroxylation is 2. The Kier molecular flexibility index (Phi) is 4.22. The predicted molar refractivity (Wildman–Crippen MR) is 102 cm³/mol. The quantitative estimate of drug-likeness (QED) is 0.706. The van der Waals surface area contributed by atoms with Crippen molar-refractivity contribution in [1.29, 1.82) is 0 Å². The SMILES string of the molecule is Cc1ccc(-c2nnc(CN3C(=O)N[C@](C)(c4ccc(C)cc4)C3=O)o2)cc1. The first kappa shape index (κ1) is 17.9. The maximum absolute atomic E-state index is 13.0. The Labute approximate surface area is 162 Å². The molecule has 2 heterocycles. The Morgan fingerprint density at radius 1 is 0.964 bits per heavy atom. The maximum Gasteiger partial charge on any atom is 0.325 e. The number of amides is 3. The Morgan fingerprint density at radius 2 is 1.57 bits per heavy atom. The number of nitrogens with zero attached hydrogens (tertiary/aromatic N) is 3. The Morgan fingerprint density at radius 3 is 2.21 bits per heavy atom. The highest BCUT2D eigenvalue weighted by atomic mass is 16.4. The monoisotopic (exact) mass is 376 g/mol. The number of carbonyl (C=O) groups is 2. The Bertz CT molecular complexity index is 1040. The summed E-state index contributed by atoms with van der Waals surface area (Å²) in [6.07, 6.45) is 0. The molecule has 28 heavy (non-hydrogen) atoms. The largest absolute Gasteiger partial charge is 0.419 e. The maximum atomic E-state index is 13.0. The van der Waals surface area contributed by atoms with Crippen LogP contribution in [0, 0.1) is 13.8 Å². The molecule has 0 bridgehead atoms. The first-order valence-corrected chi connectivity index (χ1v) is 8.97. The van der Waals surface area contributed by atoms with Gasteiger partial charge in [0.2, 0.25) is 11.8 Å². The fourth-order valence-electron chi connectivity index (χ4n) is 3.19. The van der Waals surface area contributed by atoms with Crippen molar-refractivity contribution in [1.82, 2.24) is 20.4 Å². The zero-order valence-corrected chi connectivity index (χ0v) is 15.9. The van der Waals surface area contributed by atoms with Gasteiger partial charge < -0.3 is 9.73 Å². The van der Waals surface area contributed by atoms with Crippen LogP contribution < -0.4 is 5.32 Å². The average molecular weight is 376 g/mol. The van der Waals surface area contributed by atoms with Gasteiger partial charge in [-0.3, -0.25) is 9.69 Å². The number of hydrogen-bond donors (Lipinski definition) is 1. The van der Waals surface area contributed by atoms with Gasteiger partial charge in [0, 0.05) is 5.56 Å². The molecular formula is C21H20N4O3. The number of imide groups is 1. The summed E-state index contributed by atoms with van der Waals surface area (Å²) >= 11 is 0. The van der Waals surface area contributed by atoms with E-state index in [9.17, 15) is 9.59 Å². The van der Waals surface area contributed by atoms with Crippen LogP contribution in [0.1, 0.15) is 29.5 Å². The molecule has 1 fully saturated rings. The Hall–Kier alpha value is -3.48. The summed E-state index contributed by atoms with van der Waals surface area (Å²) in [5, 5.41) is 10.8. The minimum Gasteiger partial charge on any atom is -0.419 e. The normalized spacial score (nSPS) is 19.2. The molecule has 0 saturated carbocycles. The van der Waals surface area contributed by atoms with E-state index in [1.807, 2.05) is 62.4 Å². The van der Waals surface area contributed by atoms with Crippen molar-refractivity contribution in [2.45, 2.75) is 32.9 Å². The van der Waals surface area contributed by atoms with Crippen molar-refractivity contribution < 1.29 is 14.0 Å². The lowest BCUT2D eigenvalue weighted by Gasteiger charge is -2.22. The van der Waals surface area contributed by atoms with E-state index in [0.29, 0.717) is 5.89 Å². The van der Waals surface area contributed by atoms with Crippen LogP contribution in [0.25, 0.3) is 11.5 Å². The number of nitrogens with one attached hydrogen (secondary N) is 1. The topological polar surface area (TPSA) is 88.3 Å². The molecule has 1 atom stereocenters. The molecule has 1 N–H and O–H groups in total. The third kappa shape index (κ3) is 3.05. The highest BCUT2D eigenvalue weighted by Crippen LogP contribution is 2.30. The molecule has 7 nitrogen and oxygen atoms in total. The lowest BCUT2D eigenvalue weighted by Crippen LogP contribution is -2.40. The standard InChI is InChI=1S/C21H20N4O3/c1-13-4-8-15(9-5-13)18-24-23-17(28-18)12-25-19(26)21(3,22-20(25)27)16-10-6-14(2)7-11-16/h4-11H,12H2,1-3H3,(H,22,27)/t21-/m1/s1. The molecule has 4 rings (SSSR count). The molecule has 0 unspecified atom stereocenters. The van der Waals surface area contributed by atoms with Gasteiger partial charge >= 0.3 is 6.03 Å². The molecule has 0 aliphatic carbocycles. The lowest BCUT2D eigenvalue weighted by molar-refractivity contribution is -0.131. The molecule has 1 aromatic heterocycles. The van der Waals surface area contributed by atoms with Crippen LogP contribution in [0.4, 0.5) is 4.79 Å². The molecule has 1 aliphatic heterocycles. The van der Waals surface area contributed by atoms with Crippen LogP contribution in [0.2, 0.25) is 0 Å². The second kappa shape index (κ2) is 6.60. The minimum atomic E-state index is -1.12. The number of hydrogen-bond acceptors (Lipinski definition) is 5. The van der Waals surface area contributed by atoms with Crippen LogP contribution in [0.15, 0.2) is 52.9 Å². The minimum absolute atomic E-state index is 0.0784. The first-order valence-electron chi connectivity index (χ1n) is 8.97. The summed E-state index contributed by atoms with van der Waals surface area (Å²) in [7, 11) is 0. The van der Waals surface area contributed by atoms with Gasteiger partial charge in [0.05, 0.1) is 0 Å². The van der Waals surface area contributed by atoms with E-state index in [1.165, 1.54) is 0 Å². The molecule has 142 valence electrons. The zero-order chi connectivity index (χ0) is 19.9. The van der Waals surface area contributed by atoms with Gasteiger partial charge in [0.25, 0.3) is 5.91 Å². The van der Waals surface area contributed by atoms with Crippen LogP contribution >= 0.6 is 0 Å². The number of urea groups is 1. The zero-order valence-electron chi connectivity index (χ0n) is 15.9.